The Kier molecular flexibility index (Phi) is 7.64. The molecule has 0 bridgehead atoms. The number of rotatable bonds is 6. The van der Waals surface area contributed by atoms with Crippen molar-refractivity contribution in [2.45, 2.75) is 44.4 Å². The van der Waals surface area contributed by atoms with Crippen LogP contribution in [0.5, 0.6) is 0 Å². The summed E-state index contributed by atoms with van der Waals surface area (Å²) in [6, 6.07) is 7.61. The highest BCUT2D eigenvalue weighted by molar-refractivity contribution is 8.38. The van der Waals surface area contributed by atoms with Crippen LogP contribution in [0.1, 0.15) is 48.5 Å². The summed E-state index contributed by atoms with van der Waals surface area (Å²) in [6.07, 6.45) is 4.28. The second-order valence-corrected chi connectivity index (χ2v) is 9.35. The number of carbonyl (C=O) groups excluding carboxylic acids is 2. The van der Waals surface area contributed by atoms with Crippen molar-refractivity contribution < 1.29 is 14.3 Å². The molecular formula is C20H26N2O3S2. The molecule has 0 unspecified atom stereocenters. The maximum Gasteiger partial charge on any atom is 0.338 e. The van der Waals surface area contributed by atoms with Crippen molar-refractivity contribution in [3.05, 3.63) is 35.4 Å². The summed E-state index contributed by atoms with van der Waals surface area (Å²) >= 11 is 3.39. The SMILES string of the molecule is CC1CCC(NC(=O)COC(=O)c2ccccc2CSC2=NCCS2)CC1. The molecule has 1 aromatic rings. The number of thioether (sulfide) groups is 2. The Morgan fingerprint density at radius 3 is 2.78 bits per heavy atom. The lowest BCUT2D eigenvalue weighted by Crippen LogP contribution is -2.39. The van der Waals surface area contributed by atoms with Crippen LogP contribution in [0.25, 0.3) is 0 Å². The molecule has 1 saturated carbocycles. The van der Waals surface area contributed by atoms with Gasteiger partial charge in [0.15, 0.2) is 6.61 Å². The standard InChI is InChI=1S/C20H26N2O3S2/c1-14-6-8-16(9-7-14)22-18(23)12-25-19(24)17-5-3-2-4-15(17)13-27-20-21-10-11-26-20/h2-5,14,16H,6-13H2,1H3,(H,22,23). The highest BCUT2D eigenvalue weighted by Crippen LogP contribution is 2.27. The summed E-state index contributed by atoms with van der Waals surface area (Å²) in [7, 11) is 0. The minimum absolute atomic E-state index is 0.209. The smallest absolute Gasteiger partial charge is 0.338 e. The largest absolute Gasteiger partial charge is 0.452 e. The molecule has 0 radical (unpaired) electrons. The van der Waals surface area contributed by atoms with Crippen LogP contribution >= 0.6 is 23.5 Å². The highest BCUT2D eigenvalue weighted by Gasteiger charge is 2.21. The topological polar surface area (TPSA) is 67.8 Å². The van der Waals surface area contributed by atoms with Gasteiger partial charge in [0, 0.05) is 17.5 Å². The molecule has 1 aliphatic heterocycles. The maximum atomic E-state index is 12.5. The van der Waals surface area contributed by atoms with Gasteiger partial charge in [0.1, 0.15) is 4.38 Å². The van der Waals surface area contributed by atoms with Crippen LogP contribution < -0.4 is 5.32 Å². The molecule has 27 heavy (non-hydrogen) atoms. The average Bonchev–Trinajstić information content (AvgIpc) is 3.20. The molecular weight excluding hydrogens is 380 g/mol. The molecule has 5 nitrogen and oxygen atoms in total. The van der Waals surface area contributed by atoms with Crippen molar-refractivity contribution in [1.29, 1.82) is 0 Å². The number of ether oxygens (including phenoxy) is 1. The molecule has 0 spiro atoms. The fourth-order valence-electron chi connectivity index (χ4n) is 3.27. The highest BCUT2D eigenvalue weighted by atomic mass is 32.2. The summed E-state index contributed by atoms with van der Waals surface area (Å²) in [5.74, 6) is 1.77. The van der Waals surface area contributed by atoms with Crippen LogP contribution in [-0.2, 0) is 15.3 Å². The molecule has 7 heteroatoms. The summed E-state index contributed by atoms with van der Waals surface area (Å²) in [5.41, 5.74) is 1.43. The fourth-order valence-corrected chi connectivity index (χ4v) is 5.28. The van der Waals surface area contributed by atoms with Crippen molar-refractivity contribution >= 4 is 39.8 Å². The van der Waals surface area contributed by atoms with Crippen LogP contribution in [0.3, 0.4) is 0 Å². The Labute approximate surface area is 169 Å². The zero-order valence-corrected chi connectivity index (χ0v) is 17.2. The van der Waals surface area contributed by atoms with E-state index in [-0.39, 0.29) is 18.6 Å². The molecule has 2 aliphatic rings. The Morgan fingerprint density at radius 2 is 2.04 bits per heavy atom. The van der Waals surface area contributed by atoms with Crippen molar-refractivity contribution in [3.63, 3.8) is 0 Å². The van der Waals surface area contributed by atoms with Crippen LogP contribution in [0.15, 0.2) is 29.3 Å². The summed E-state index contributed by atoms with van der Waals surface area (Å²) in [4.78, 5) is 29.0. The Morgan fingerprint density at radius 1 is 1.26 bits per heavy atom. The molecule has 1 aliphatic carbocycles. The van der Waals surface area contributed by atoms with E-state index in [1.165, 1.54) is 0 Å². The third-order valence-corrected chi connectivity index (χ3v) is 7.16. The first kappa shape index (κ1) is 20.3. The molecule has 1 heterocycles. The van der Waals surface area contributed by atoms with Gasteiger partial charge in [-0.05, 0) is 43.2 Å². The van der Waals surface area contributed by atoms with E-state index < -0.39 is 5.97 Å². The van der Waals surface area contributed by atoms with E-state index in [1.807, 2.05) is 18.2 Å². The monoisotopic (exact) mass is 406 g/mol. The van der Waals surface area contributed by atoms with Crippen LogP contribution in [0.2, 0.25) is 0 Å². The van der Waals surface area contributed by atoms with Gasteiger partial charge in [-0.3, -0.25) is 9.79 Å². The third kappa shape index (κ3) is 6.28. The zero-order valence-electron chi connectivity index (χ0n) is 15.6. The van der Waals surface area contributed by atoms with E-state index in [9.17, 15) is 9.59 Å². The molecule has 0 aromatic heterocycles. The van der Waals surface area contributed by atoms with Crippen molar-refractivity contribution in [1.82, 2.24) is 5.32 Å². The Hall–Kier alpha value is -1.47. The molecule has 1 fully saturated rings. The predicted octanol–water partition coefficient (Wildman–Crippen LogP) is 3.87. The second-order valence-electron chi connectivity index (χ2n) is 7.04. The number of hydrogen-bond donors (Lipinski definition) is 1. The lowest BCUT2D eigenvalue weighted by Gasteiger charge is -2.26. The zero-order chi connectivity index (χ0) is 19.1. The van der Waals surface area contributed by atoms with Gasteiger partial charge in [-0.15, -0.1) is 0 Å². The van der Waals surface area contributed by atoms with E-state index in [0.717, 1.165) is 53.8 Å². The molecule has 0 atom stereocenters. The fraction of sp³-hybridized carbons (Fsp3) is 0.550. The Balaban J connectivity index is 1.48. The Bertz CT molecular complexity index is 700. The van der Waals surface area contributed by atoms with Gasteiger partial charge in [-0.2, -0.15) is 0 Å². The van der Waals surface area contributed by atoms with Gasteiger partial charge in [0.25, 0.3) is 5.91 Å². The van der Waals surface area contributed by atoms with E-state index in [1.54, 1.807) is 29.6 Å². The molecule has 146 valence electrons. The molecule has 1 N–H and O–H groups in total. The minimum atomic E-state index is -0.445. The number of nitrogens with one attached hydrogen (secondary N) is 1. The molecule has 1 aromatic carbocycles. The first-order chi connectivity index (χ1) is 13.1. The summed E-state index contributed by atoms with van der Waals surface area (Å²) in [6.45, 7) is 2.88. The van der Waals surface area contributed by atoms with Crippen LogP contribution in [0.4, 0.5) is 0 Å². The van der Waals surface area contributed by atoms with Crippen LogP contribution in [-0.4, -0.2) is 41.2 Å². The van der Waals surface area contributed by atoms with E-state index in [0.29, 0.717) is 11.3 Å². The molecule has 1 amide bonds. The summed E-state index contributed by atoms with van der Waals surface area (Å²) in [5, 5.41) is 2.98. The first-order valence-electron chi connectivity index (χ1n) is 9.46. The molecule has 0 saturated heterocycles. The maximum absolute atomic E-state index is 12.5. The lowest BCUT2D eigenvalue weighted by atomic mass is 9.87. The van der Waals surface area contributed by atoms with Crippen molar-refractivity contribution in [2.75, 3.05) is 18.9 Å². The first-order valence-corrected chi connectivity index (χ1v) is 11.4. The predicted molar refractivity (Wildman–Crippen MR) is 112 cm³/mol. The number of benzene rings is 1. The van der Waals surface area contributed by atoms with Crippen molar-refractivity contribution in [2.24, 2.45) is 10.9 Å². The van der Waals surface area contributed by atoms with Crippen LogP contribution in [0, 0.1) is 5.92 Å². The second kappa shape index (κ2) is 10.2. The third-order valence-electron chi connectivity index (χ3n) is 4.86. The summed E-state index contributed by atoms with van der Waals surface area (Å²) < 4.78 is 6.34. The number of aliphatic imine (C=N–C) groups is 1. The van der Waals surface area contributed by atoms with E-state index in [4.69, 9.17) is 4.74 Å². The number of esters is 1. The van der Waals surface area contributed by atoms with Crippen molar-refractivity contribution in [3.8, 4) is 0 Å². The number of nitrogens with zero attached hydrogens (tertiary/aromatic N) is 1. The van der Waals surface area contributed by atoms with Gasteiger partial charge in [-0.1, -0.05) is 48.6 Å². The number of carbonyl (C=O) groups is 2. The van der Waals surface area contributed by atoms with Gasteiger partial charge in [0.05, 0.1) is 12.1 Å². The normalized spacial score (nSPS) is 22.2. The van der Waals surface area contributed by atoms with Gasteiger partial charge < -0.3 is 10.1 Å². The van der Waals surface area contributed by atoms with Gasteiger partial charge in [0.2, 0.25) is 0 Å². The van der Waals surface area contributed by atoms with Gasteiger partial charge in [-0.25, -0.2) is 4.79 Å². The minimum Gasteiger partial charge on any atom is -0.452 e. The number of hydrogen-bond acceptors (Lipinski definition) is 6. The average molecular weight is 407 g/mol. The lowest BCUT2D eigenvalue weighted by molar-refractivity contribution is -0.125. The van der Waals surface area contributed by atoms with E-state index >= 15 is 0 Å². The van der Waals surface area contributed by atoms with Gasteiger partial charge >= 0.3 is 5.97 Å². The number of amides is 1. The van der Waals surface area contributed by atoms with E-state index in [2.05, 4.69) is 17.2 Å². The quantitative estimate of drug-likeness (QED) is 0.726. The molecule has 3 rings (SSSR count).